The van der Waals surface area contributed by atoms with Crippen molar-refractivity contribution < 1.29 is 4.79 Å². The molecule has 0 unspecified atom stereocenters. The summed E-state index contributed by atoms with van der Waals surface area (Å²) in [4.78, 5) is 29.6. The van der Waals surface area contributed by atoms with Crippen LogP contribution >= 0.6 is 11.3 Å². The van der Waals surface area contributed by atoms with Gasteiger partial charge in [-0.25, -0.2) is 15.0 Å². The quantitative estimate of drug-likeness (QED) is 0.511. The van der Waals surface area contributed by atoms with Crippen LogP contribution in [0.5, 0.6) is 0 Å². The molecule has 0 saturated carbocycles. The molecule has 2 aromatic carbocycles. The van der Waals surface area contributed by atoms with Crippen molar-refractivity contribution in [2.45, 2.75) is 19.5 Å². The molecule has 4 aromatic rings. The van der Waals surface area contributed by atoms with Gasteiger partial charge in [-0.2, -0.15) is 0 Å². The van der Waals surface area contributed by atoms with Gasteiger partial charge in [-0.15, -0.1) is 11.3 Å². The Balaban J connectivity index is 1.24. The summed E-state index contributed by atoms with van der Waals surface area (Å²) >= 11 is 1.55. The molecular weight excluding hydrogens is 406 g/mol. The van der Waals surface area contributed by atoms with Crippen molar-refractivity contribution in [1.29, 1.82) is 0 Å². The van der Waals surface area contributed by atoms with Gasteiger partial charge < -0.3 is 0 Å². The van der Waals surface area contributed by atoms with Crippen LogP contribution in [0.25, 0.3) is 11.4 Å². The number of benzene rings is 2. The lowest BCUT2D eigenvalue weighted by molar-refractivity contribution is 0.102. The maximum absolute atomic E-state index is 12.6. The van der Waals surface area contributed by atoms with Crippen molar-refractivity contribution in [1.82, 2.24) is 19.9 Å². The van der Waals surface area contributed by atoms with Crippen LogP contribution in [0.3, 0.4) is 0 Å². The van der Waals surface area contributed by atoms with Crippen molar-refractivity contribution in [3.8, 4) is 11.4 Å². The SMILES string of the molecule is O=C(Nc1nc2c(s1)CN(Cc1ccccc1)CC2)c1cnc(-c2ccccc2)nc1. The number of anilines is 1. The topological polar surface area (TPSA) is 71.0 Å². The molecule has 7 heteroatoms. The molecule has 1 N–H and O–H groups in total. The van der Waals surface area contributed by atoms with Crippen LogP contribution in [0.1, 0.15) is 26.5 Å². The van der Waals surface area contributed by atoms with E-state index in [1.807, 2.05) is 36.4 Å². The number of amides is 1. The van der Waals surface area contributed by atoms with Crippen molar-refractivity contribution in [2.24, 2.45) is 0 Å². The number of nitrogens with zero attached hydrogens (tertiary/aromatic N) is 4. The van der Waals surface area contributed by atoms with Gasteiger partial charge in [0.15, 0.2) is 11.0 Å². The molecule has 0 bridgehead atoms. The monoisotopic (exact) mass is 427 g/mol. The molecule has 0 radical (unpaired) electrons. The first-order chi connectivity index (χ1) is 15.2. The third-order valence-corrected chi connectivity index (χ3v) is 6.22. The number of carbonyl (C=O) groups is 1. The van der Waals surface area contributed by atoms with E-state index in [0.717, 1.165) is 37.3 Å². The molecule has 0 atom stereocenters. The molecule has 0 spiro atoms. The Morgan fingerprint density at radius 2 is 1.71 bits per heavy atom. The van der Waals surface area contributed by atoms with Gasteiger partial charge in [0, 0.05) is 48.9 Å². The Morgan fingerprint density at radius 3 is 2.45 bits per heavy atom. The first kappa shape index (κ1) is 19.5. The predicted molar refractivity (Wildman–Crippen MR) is 122 cm³/mol. The van der Waals surface area contributed by atoms with Crippen LogP contribution in [-0.4, -0.2) is 32.3 Å². The summed E-state index contributed by atoms with van der Waals surface area (Å²) in [6.45, 7) is 2.74. The van der Waals surface area contributed by atoms with Crippen LogP contribution < -0.4 is 5.32 Å². The fourth-order valence-electron chi connectivity index (χ4n) is 3.63. The average Bonchev–Trinajstić information content (AvgIpc) is 3.22. The fourth-order valence-corrected chi connectivity index (χ4v) is 4.67. The molecule has 5 rings (SSSR count). The van der Waals surface area contributed by atoms with E-state index in [9.17, 15) is 4.79 Å². The zero-order valence-electron chi connectivity index (χ0n) is 16.9. The Hall–Kier alpha value is -3.42. The normalized spacial score (nSPS) is 13.5. The van der Waals surface area contributed by atoms with Crippen molar-refractivity contribution >= 4 is 22.4 Å². The molecule has 1 amide bonds. The molecule has 31 heavy (non-hydrogen) atoms. The van der Waals surface area contributed by atoms with E-state index in [4.69, 9.17) is 0 Å². The highest BCUT2D eigenvalue weighted by molar-refractivity contribution is 7.15. The molecule has 1 aliphatic rings. The number of thiazole rings is 1. The zero-order valence-corrected chi connectivity index (χ0v) is 17.7. The van der Waals surface area contributed by atoms with Crippen LogP contribution in [0.2, 0.25) is 0 Å². The number of hydrogen-bond acceptors (Lipinski definition) is 6. The molecule has 0 saturated heterocycles. The third kappa shape index (κ3) is 4.52. The average molecular weight is 428 g/mol. The standard InChI is InChI=1S/C24H21N5OS/c30-23(19-13-25-22(26-14-19)18-9-5-2-6-10-18)28-24-27-20-11-12-29(16-21(20)31-24)15-17-7-3-1-4-8-17/h1-10,13-14H,11-12,15-16H2,(H,27,28,30). The Bertz CT molecular complexity index is 1180. The first-order valence-electron chi connectivity index (χ1n) is 10.2. The van der Waals surface area contributed by atoms with Gasteiger partial charge in [-0.3, -0.25) is 15.0 Å². The van der Waals surface area contributed by atoms with Crippen molar-refractivity contribution in [3.05, 3.63) is 94.8 Å². The molecule has 6 nitrogen and oxygen atoms in total. The van der Waals surface area contributed by atoms with Crippen LogP contribution in [0.4, 0.5) is 5.13 Å². The molecule has 1 aliphatic heterocycles. The molecule has 0 aliphatic carbocycles. The maximum Gasteiger partial charge on any atom is 0.260 e. The van der Waals surface area contributed by atoms with E-state index in [0.29, 0.717) is 16.5 Å². The van der Waals surface area contributed by atoms with E-state index in [1.54, 1.807) is 23.7 Å². The maximum atomic E-state index is 12.6. The van der Waals surface area contributed by atoms with Gasteiger partial charge in [0.05, 0.1) is 11.3 Å². The number of aromatic nitrogens is 3. The highest BCUT2D eigenvalue weighted by Crippen LogP contribution is 2.29. The fraction of sp³-hybridized carbons (Fsp3) is 0.167. The van der Waals surface area contributed by atoms with Gasteiger partial charge in [0.2, 0.25) is 0 Å². The van der Waals surface area contributed by atoms with E-state index in [1.165, 1.54) is 10.4 Å². The zero-order chi connectivity index (χ0) is 21.0. The largest absolute Gasteiger partial charge is 0.298 e. The van der Waals surface area contributed by atoms with E-state index < -0.39 is 0 Å². The van der Waals surface area contributed by atoms with E-state index in [-0.39, 0.29) is 5.91 Å². The Morgan fingerprint density at radius 1 is 1.00 bits per heavy atom. The number of nitrogens with one attached hydrogen (secondary N) is 1. The number of carbonyl (C=O) groups excluding carboxylic acids is 1. The lowest BCUT2D eigenvalue weighted by atomic mass is 10.1. The lowest BCUT2D eigenvalue weighted by Gasteiger charge is -2.25. The van der Waals surface area contributed by atoms with Gasteiger partial charge in [-0.05, 0) is 5.56 Å². The summed E-state index contributed by atoms with van der Waals surface area (Å²) in [7, 11) is 0. The molecule has 0 fully saturated rings. The van der Waals surface area contributed by atoms with Crippen LogP contribution in [0, 0.1) is 0 Å². The summed E-state index contributed by atoms with van der Waals surface area (Å²) in [6.07, 6.45) is 4.00. The summed E-state index contributed by atoms with van der Waals surface area (Å²) in [5, 5.41) is 3.54. The molecular formula is C24H21N5OS. The Kier molecular flexibility index (Phi) is 5.52. The number of fused-ring (bicyclic) bond motifs is 1. The van der Waals surface area contributed by atoms with Crippen LogP contribution in [0.15, 0.2) is 73.1 Å². The minimum atomic E-state index is -0.244. The van der Waals surface area contributed by atoms with Crippen LogP contribution in [-0.2, 0) is 19.5 Å². The lowest BCUT2D eigenvalue weighted by Crippen LogP contribution is -2.29. The van der Waals surface area contributed by atoms with Crippen molar-refractivity contribution in [3.63, 3.8) is 0 Å². The second-order valence-electron chi connectivity index (χ2n) is 7.45. The highest BCUT2D eigenvalue weighted by atomic mass is 32.1. The predicted octanol–water partition coefficient (Wildman–Crippen LogP) is 4.41. The second kappa shape index (κ2) is 8.75. The second-order valence-corrected chi connectivity index (χ2v) is 8.53. The van der Waals surface area contributed by atoms with E-state index >= 15 is 0 Å². The number of rotatable bonds is 5. The summed E-state index contributed by atoms with van der Waals surface area (Å²) in [5.41, 5.74) is 3.73. The highest BCUT2D eigenvalue weighted by Gasteiger charge is 2.22. The molecule has 3 heterocycles. The summed E-state index contributed by atoms with van der Waals surface area (Å²) < 4.78 is 0. The third-order valence-electron chi connectivity index (χ3n) is 5.23. The minimum absolute atomic E-state index is 0.244. The minimum Gasteiger partial charge on any atom is -0.298 e. The van der Waals surface area contributed by atoms with Gasteiger partial charge >= 0.3 is 0 Å². The Labute approximate surface area is 184 Å². The smallest absolute Gasteiger partial charge is 0.260 e. The first-order valence-corrected chi connectivity index (χ1v) is 11.0. The van der Waals surface area contributed by atoms with Crippen molar-refractivity contribution in [2.75, 3.05) is 11.9 Å². The van der Waals surface area contributed by atoms with Gasteiger partial charge in [0.25, 0.3) is 5.91 Å². The van der Waals surface area contributed by atoms with E-state index in [2.05, 4.69) is 49.4 Å². The molecule has 154 valence electrons. The molecule has 2 aromatic heterocycles. The summed E-state index contributed by atoms with van der Waals surface area (Å²) in [6, 6.07) is 20.2. The number of hydrogen-bond donors (Lipinski definition) is 1. The summed E-state index contributed by atoms with van der Waals surface area (Å²) in [5.74, 6) is 0.354. The van der Waals surface area contributed by atoms with Gasteiger partial charge in [0.1, 0.15) is 0 Å². The van der Waals surface area contributed by atoms with Gasteiger partial charge in [-0.1, -0.05) is 60.7 Å².